The van der Waals surface area contributed by atoms with Crippen molar-refractivity contribution in [3.8, 4) is 0 Å². The van der Waals surface area contributed by atoms with Crippen molar-refractivity contribution in [2.45, 2.75) is 63.1 Å². The van der Waals surface area contributed by atoms with E-state index < -0.39 is 17.7 Å². The van der Waals surface area contributed by atoms with Crippen LogP contribution in [0.1, 0.15) is 49.8 Å². The van der Waals surface area contributed by atoms with Crippen LogP contribution in [-0.2, 0) is 27.2 Å². The van der Waals surface area contributed by atoms with Crippen LogP contribution in [-0.4, -0.2) is 70.4 Å². The lowest BCUT2D eigenvalue weighted by Gasteiger charge is -2.43. The molecule has 1 aromatic heterocycles. The molecule has 3 N–H and O–H groups in total. The van der Waals surface area contributed by atoms with E-state index in [1.165, 1.54) is 12.7 Å². The molecule has 3 rings (SSSR count). The van der Waals surface area contributed by atoms with Gasteiger partial charge in [0.2, 0.25) is 5.91 Å². The number of carbonyl (C=O) groups is 2. The highest BCUT2D eigenvalue weighted by molar-refractivity contribution is 5.76. The summed E-state index contributed by atoms with van der Waals surface area (Å²) < 4.78 is 5.30. The smallest absolute Gasteiger partial charge is 0.306 e. The zero-order valence-corrected chi connectivity index (χ0v) is 17.0. The summed E-state index contributed by atoms with van der Waals surface area (Å²) in [6.07, 6.45) is 4.25. The number of hydrogen-bond acceptors (Lipinski definition) is 6. The third kappa shape index (κ3) is 5.45. The van der Waals surface area contributed by atoms with Crippen molar-refractivity contribution in [3.05, 3.63) is 23.4 Å². The van der Waals surface area contributed by atoms with Crippen LogP contribution in [0.15, 0.2) is 12.1 Å². The van der Waals surface area contributed by atoms with Gasteiger partial charge in [-0.25, -0.2) is 4.98 Å². The molecule has 8 nitrogen and oxygen atoms in total. The Morgan fingerprint density at radius 2 is 2.21 bits per heavy atom. The lowest BCUT2D eigenvalue weighted by atomic mass is 9.85. The minimum Gasteiger partial charge on any atom is -0.481 e. The standard InChI is InChI=1S/C21H31N3O5/c1-29-17-14-24(12-10-21(17,28)13-19(26)27)18(25)7-3-2-6-16-9-8-15-5-4-11-22-20(15)23-16/h8-9,17,28H,2-7,10-14H2,1H3,(H,22,23)(H,26,27)/t17?,21-/m1/s1. The molecule has 0 saturated carbocycles. The maximum absolute atomic E-state index is 12.5. The minimum atomic E-state index is -1.43. The van der Waals surface area contributed by atoms with Crippen molar-refractivity contribution in [1.82, 2.24) is 9.88 Å². The van der Waals surface area contributed by atoms with Crippen LogP contribution < -0.4 is 5.32 Å². The number of aryl methyl sites for hydroxylation is 2. The van der Waals surface area contributed by atoms with E-state index in [-0.39, 0.29) is 25.3 Å². The van der Waals surface area contributed by atoms with E-state index in [9.17, 15) is 14.7 Å². The first-order valence-corrected chi connectivity index (χ1v) is 10.4. The van der Waals surface area contributed by atoms with E-state index in [4.69, 9.17) is 9.84 Å². The van der Waals surface area contributed by atoms with Gasteiger partial charge < -0.3 is 25.2 Å². The van der Waals surface area contributed by atoms with Crippen molar-refractivity contribution < 1.29 is 24.5 Å². The summed E-state index contributed by atoms with van der Waals surface area (Å²) in [6, 6.07) is 4.22. The highest BCUT2D eigenvalue weighted by atomic mass is 16.5. The highest BCUT2D eigenvalue weighted by Gasteiger charge is 2.44. The molecule has 3 heterocycles. The fraction of sp³-hybridized carbons (Fsp3) is 0.667. The molecular weight excluding hydrogens is 374 g/mol. The molecule has 2 aliphatic heterocycles. The maximum atomic E-state index is 12.5. The van der Waals surface area contributed by atoms with Gasteiger partial charge in [0.1, 0.15) is 17.5 Å². The number of nitrogens with zero attached hydrogens (tertiary/aromatic N) is 2. The van der Waals surface area contributed by atoms with Gasteiger partial charge in [-0.1, -0.05) is 6.07 Å². The van der Waals surface area contributed by atoms with Crippen LogP contribution in [0.4, 0.5) is 5.82 Å². The zero-order valence-electron chi connectivity index (χ0n) is 17.0. The Morgan fingerprint density at radius 3 is 2.97 bits per heavy atom. The second kappa shape index (κ2) is 9.54. The van der Waals surface area contributed by atoms with Gasteiger partial charge in [-0.15, -0.1) is 0 Å². The lowest BCUT2D eigenvalue weighted by Crippen LogP contribution is -2.58. The Labute approximate surface area is 171 Å². The number of unbranched alkanes of at least 4 members (excludes halogenated alkanes) is 1. The number of amides is 1. The molecule has 160 valence electrons. The van der Waals surface area contributed by atoms with Gasteiger partial charge >= 0.3 is 5.97 Å². The molecule has 29 heavy (non-hydrogen) atoms. The highest BCUT2D eigenvalue weighted by Crippen LogP contribution is 2.29. The average molecular weight is 405 g/mol. The van der Waals surface area contributed by atoms with Gasteiger partial charge in [-0.3, -0.25) is 9.59 Å². The number of piperidine rings is 1. The number of carboxylic acid groups (broad SMARTS) is 1. The number of rotatable bonds is 8. The molecule has 1 unspecified atom stereocenters. The monoisotopic (exact) mass is 405 g/mol. The third-order valence-electron chi connectivity index (χ3n) is 5.92. The molecule has 0 bridgehead atoms. The van der Waals surface area contributed by atoms with Crippen molar-refractivity contribution in [2.24, 2.45) is 0 Å². The Balaban J connectivity index is 1.43. The molecular formula is C21H31N3O5. The summed E-state index contributed by atoms with van der Waals surface area (Å²) in [5, 5.41) is 22.9. The number of likely N-dealkylation sites (tertiary alicyclic amines) is 1. The fourth-order valence-electron chi connectivity index (χ4n) is 4.18. The summed E-state index contributed by atoms with van der Waals surface area (Å²) in [4.78, 5) is 29.9. The number of ether oxygens (including phenoxy) is 1. The van der Waals surface area contributed by atoms with E-state index in [0.29, 0.717) is 13.0 Å². The molecule has 1 aromatic rings. The number of anilines is 1. The molecule has 0 aliphatic carbocycles. The molecule has 2 atom stereocenters. The molecule has 8 heteroatoms. The summed E-state index contributed by atoms with van der Waals surface area (Å²) in [7, 11) is 1.44. The molecule has 2 aliphatic rings. The number of aliphatic hydroxyl groups is 1. The lowest BCUT2D eigenvalue weighted by molar-refractivity contribution is -0.167. The van der Waals surface area contributed by atoms with Crippen LogP contribution in [0, 0.1) is 0 Å². The Hall–Kier alpha value is -2.19. The van der Waals surface area contributed by atoms with Gasteiger partial charge in [-0.2, -0.15) is 0 Å². The van der Waals surface area contributed by atoms with Crippen molar-refractivity contribution in [2.75, 3.05) is 32.1 Å². The van der Waals surface area contributed by atoms with Crippen molar-refractivity contribution in [1.29, 1.82) is 0 Å². The van der Waals surface area contributed by atoms with Crippen LogP contribution in [0.3, 0.4) is 0 Å². The molecule has 1 amide bonds. The van der Waals surface area contributed by atoms with Crippen LogP contribution in [0.2, 0.25) is 0 Å². The quantitative estimate of drug-likeness (QED) is 0.563. The number of nitrogens with one attached hydrogen (secondary N) is 1. The number of methoxy groups -OCH3 is 1. The number of carbonyl (C=O) groups excluding carboxylic acids is 1. The predicted octanol–water partition coefficient (Wildman–Crippen LogP) is 1.61. The second-order valence-corrected chi connectivity index (χ2v) is 8.04. The molecule has 0 spiro atoms. The summed E-state index contributed by atoms with van der Waals surface area (Å²) in [6.45, 7) is 1.54. The van der Waals surface area contributed by atoms with E-state index >= 15 is 0 Å². The molecule has 0 aromatic carbocycles. The summed E-state index contributed by atoms with van der Waals surface area (Å²) in [5.74, 6) is -0.0533. The SMILES string of the molecule is COC1CN(C(=O)CCCCc2ccc3c(n2)NCCC3)CC[C@@]1(O)CC(=O)O. The van der Waals surface area contributed by atoms with Gasteiger partial charge in [0, 0.05) is 38.9 Å². The number of pyridine rings is 1. The second-order valence-electron chi connectivity index (χ2n) is 8.04. The maximum Gasteiger partial charge on any atom is 0.306 e. The normalized spacial score (nSPS) is 23.9. The van der Waals surface area contributed by atoms with E-state index in [0.717, 1.165) is 50.2 Å². The number of hydrogen-bond donors (Lipinski definition) is 3. The van der Waals surface area contributed by atoms with E-state index in [1.54, 1.807) is 4.90 Å². The Bertz CT molecular complexity index is 741. The Kier molecular flexibility index (Phi) is 7.08. The average Bonchev–Trinajstić information content (AvgIpc) is 2.70. The Morgan fingerprint density at radius 1 is 1.38 bits per heavy atom. The molecule has 0 radical (unpaired) electrons. The van der Waals surface area contributed by atoms with Gasteiger partial charge in [0.15, 0.2) is 0 Å². The number of aromatic nitrogens is 1. The third-order valence-corrected chi connectivity index (χ3v) is 5.92. The largest absolute Gasteiger partial charge is 0.481 e. The van der Waals surface area contributed by atoms with Crippen LogP contribution in [0.5, 0.6) is 0 Å². The first kappa shape index (κ1) is 21.5. The summed E-state index contributed by atoms with van der Waals surface area (Å²) >= 11 is 0. The number of aliphatic carboxylic acids is 1. The topological polar surface area (TPSA) is 112 Å². The number of carboxylic acids is 1. The summed E-state index contributed by atoms with van der Waals surface area (Å²) in [5.41, 5.74) is 0.890. The van der Waals surface area contributed by atoms with Crippen LogP contribution >= 0.6 is 0 Å². The molecule has 1 saturated heterocycles. The molecule has 1 fully saturated rings. The van der Waals surface area contributed by atoms with Gasteiger partial charge in [-0.05, 0) is 50.2 Å². The first-order chi connectivity index (χ1) is 13.9. The van der Waals surface area contributed by atoms with Gasteiger partial charge in [0.05, 0.1) is 6.42 Å². The van der Waals surface area contributed by atoms with Crippen LogP contribution in [0.25, 0.3) is 0 Å². The predicted molar refractivity (Wildman–Crippen MR) is 108 cm³/mol. The van der Waals surface area contributed by atoms with E-state index in [2.05, 4.69) is 22.4 Å². The fourth-order valence-corrected chi connectivity index (χ4v) is 4.18. The minimum absolute atomic E-state index is 0.0180. The zero-order chi connectivity index (χ0) is 20.9. The van der Waals surface area contributed by atoms with Crippen molar-refractivity contribution >= 4 is 17.7 Å². The van der Waals surface area contributed by atoms with Crippen molar-refractivity contribution in [3.63, 3.8) is 0 Å². The van der Waals surface area contributed by atoms with Gasteiger partial charge in [0.25, 0.3) is 0 Å². The van der Waals surface area contributed by atoms with E-state index in [1.807, 2.05) is 0 Å². The number of fused-ring (bicyclic) bond motifs is 1. The first-order valence-electron chi connectivity index (χ1n) is 10.4.